The number of rotatable bonds is 7. The maximum Gasteiger partial charge on any atom is 0.338 e. The minimum absolute atomic E-state index is 0.0388. The molecule has 3 aromatic heterocycles. The number of nitrogens with zero attached hydrogens (tertiary/aromatic N) is 5. The fourth-order valence-electron chi connectivity index (χ4n) is 5.63. The van der Waals surface area contributed by atoms with Gasteiger partial charge in [-0.15, -0.1) is 0 Å². The molecule has 0 unspecified atom stereocenters. The molecule has 3 heterocycles. The fourth-order valence-corrected chi connectivity index (χ4v) is 5.87. The van der Waals surface area contributed by atoms with Crippen LogP contribution in [0.2, 0.25) is 5.15 Å². The predicted molar refractivity (Wildman–Crippen MR) is 164 cm³/mol. The Kier molecular flexibility index (Phi) is 6.98. The van der Waals surface area contributed by atoms with Gasteiger partial charge in [0.15, 0.2) is 5.15 Å². The number of anilines is 1. The van der Waals surface area contributed by atoms with Crippen LogP contribution in [-0.2, 0) is 4.74 Å². The number of benzene rings is 3. The highest BCUT2D eigenvalue weighted by Crippen LogP contribution is 2.43. The van der Waals surface area contributed by atoms with Crippen LogP contribution in [0, 0.1) is 11.1 Å². The molecule has 0 aliphatic heterocycles. The van der Waals surface area contributed by atoms with E-state index in [1.54, 1.807) is 6.20 Å². The van der Waals surface area contributed by atoms with E-state index in [9.17, 15) is 10.0 Å². The fraction of sp³-hybridized carbons (Fsp3) is 0.152. The molecule has 214 valence electrons. The maximum atomic E-state index is 12.5. The smallest absolute Gasteiger partial charge is 0.338 e. The van der Waals surface area contributed by atoms with Crippen molar-refractivity contribution in [2.75, 3.05) is 11.8 Å². The first kappa shape index (κ1) is 27.0. The molecule has 10 heteroatoms. The summed E-state index contributed by atoms with van der Waals surface area (Å²) in [5.41, 5.74) is 5.57. The Morgan fingerprint density at radius 1 is 1.00 bits per heavy atom. The molecule has 0 saturated heterocycles. The highest BCUT2D eigenvalue weighted by molar-refractivity contribution is 6.33. The van der Waals surface area contributed by atoms with Crippen molar-refractivity contribution in [3.05, 3.63) is 119 Å². The molecule has 0 spiro atoms. The first-order valence-corrected chi connectivity index (χ1v) is 14.2. The third-order valence-corrected chi connectivity index (χ3v) is 8.22. The van der Waals surface area contributed by atoms with E-state index in [1.807, 2.05) is 65.2 Å². The normalized spacial score (nSPS) is 16.3. The molecule has 43 heavy (non-hydrogen) atoms. The van der Waals surface area contributed by atoms with Crippen LogP contribution in [0.3, 0.4) is 0 Å². The van der Waals surface area contributed by atoms with E-state index in [0.717, 1.165) is 57.6 Å². The zero-order valence-corrected chi connectivity index (χ0v) is 23.6. The number of hydrogen-bond donors (Lipinski definition) is 1. The van der Waals surface area contributed by atoms with Crippen molar-refractivity contribution in [1.82, 2.24) is 19.4 Å². The monoisotopic (exact) mass is 590 g/mol. The second kappa shape index (κ2) is 11.1. The molecular weight excluding hydrogens is 566 g/mol. The van der Waals surface area contributed by atoms with Gasteiger partial charge in [0.25, 0.3) is 0 Å². The van der Waals surface area contributed by atoms with E-state index in [4.69, 9.17) is 31.5 Å². The van der Waals surface area contributed by atoms with Crippen molar-refractivity contribution in [3.63, 3.8) is 0 Å². The van der Waals surface area contributed by atoms with Crippen molar-refractivity contribution in [1.29, 1.82) is 0 Å². The van der Waals surface area contributed by atoms with Crippen molar-refractivity contribution in [3.8, 4) is 22.5 Å². The molecule has 1 fully saturated rings. The number of carbonyl (C=O) groups is 1. The summed E-state index contributed by atoms with van der Waals surface area (Å²) in [6.07, 6.45) is 5.16. The van der Waals surface area contributed by atoms with Gasteiger partial charge < -0.3 is 15.2 Å². The lowest BCUT2D eigenvalue weighted by Gasteiger charge is -2.34. The average Bonchev–Trinajstić information content (AvgIpc) is 3.40. The Balaban J connectivity index is 1.11. The zero-order chi connectivity index (χ0) is 29.5. The van der Waals surface area contributed by atoms with Gasteiger partial charge in [-0.05, 0) is 55.2 Å². The Morgan fingerprint density at radius 3 is 2.53 bits per heavy atom. The minimum atomic E-state index is -0.475. The van der Waals surface area contributed by atoms with E-state index in [-0.39, 0.29) is 29.4 Å². The first-order chi connectivity index (χ1) is 20.9. The topological polar surface area (TPSA) is 116 Å². The summed E-state index contributed by atoms with van der Waals surface area (Å²) < 4.78 is 7.53. The number of fused-ring (bicyclic) bond motifs is 2. The first-order valence-electron chi connectivity index (χ1n) is 13.9. The molecule has 1 aliphatic rings. The third-order valence-electron chi connectivity index (χ3n) is 7.95. The molecule has 0 radical (unpaired) electrons. The van der Waals surface area contributed by atoms with Crippen LogP contribution in [0.1, 0.15) is 34.9 Å². The standard InChI is InChI=1S/C33H25ClN5O4/c34-31-30-29(24-7-6-22-10-13-27(36-28(22)18-24)21-4-2-1-3-5-21)37-32(38(30)15-14-35-31)25-16-20(17-25)19-43-33(40)23-8-11-26(12-9-23)39(41)42/h1-15,18,20,25,41H,16-17,19H2/q-1. The lowest BCUT2D eigenvalue weighted by atomic mass is 9.75. The number of esters is 1. The molecule has 0 atom stereocenters. The number of carbonyl (C=O) groups excluding carboxylic acids is 1. The van der Waals surface area contributed by atoms with Crippen molar-refractivity contribution < 1.29 is 14.7 Å². The molecule has 3 aromatic carbocycles. The molecule has 0 bridgehead atoms. The lowest BCUT2D eigenvalue weighted by Crippen LogP contribution is -2.28. The molecular formula is C33H25ClN5O4-. The van der Waals surface area contributed by atoms with Crippen LogP contribution >= 0.6 is 11.6 Å². The number of hydrogen-bond acceptors (Lipinski definition) is 8. The highest BCUT2D eigenvalue weighted by atomic mass is 35.5. The molecule has 1 N–H and O–H groups in total. The van der Waals surface area contributed by atoms with Gasteiger partial charge in [-0.3, -0.25) is 9.61 Å². The van der Waals surface area contributed by atoms with Gasteiger partial charge in [0.2, 0.25) is 0 Å². The minimum Gasteiger partial charge on any atom is -0.733 e. The molecule has 6 aromatic rings. The van der Waals surface area contributed by atoms with Crippen LogP contribution in [0.15, 0.2) is 97.3 Å². The third kappa shape index (κ3) is 5.18. The van der Waals surface area contributed by atoms with E-state index in [0.29, 0.717) is 10.7 Å². The van der Waals surface area contributed by atoms with Gasteiger partial charge in [0.05, 0.1) is 34.8 Å². The van der Waals surface area contributed by atoms with Crippen molar-refractivity contribution in [2.24, 2.45) is 5.92 Å². The lowest BCUT2D eigenvalue weighted by molar-refractivity contribution is 0.0340. The molecule has 1 saturated carbocycles. The Bertz CT molecular complexity index is 1950. The molecule has 0 amide bonds. The van der Waals surface area contributed by atoms with Crippen LogP contribution in [-0.4, -0.2) is 37.1 Å². The average molecular weight is 591 g/mol. The van der Waals surface area contributed by atoms with Gasteiger partial charge in [0.1, 0.15) is 11.3 Å². The molecule has 7 rings (SSSR count). The van der Waals surface area contributed by atoms with Gasteiger partial charge in [-0.25, -0.2) is 19.7 Å². The largest absolute Gasteiger partial charge is 0.733 e. The van der Waals surface area contributed by atoms with Gasteiger partial charge in [-0.1, -0.05) is 60.1 Å². The number of ether oxygens (including phenoxy) is 1. The van der Waals surface area contributed by atoms with Crippen LogP contribution < -0.4 is 5.23 Å². The summed E-state index contributed by atoms with van der Waals surface area (Å²) in [6.45, 7) is 0.281. The number of imidazole rings is 1. The van der Waals surface area contributed by atoms with Crippen LogP contribution in [0.25, 0.3) is 38.9 Å². The van der Waals surface area contributed by atoms with E-state index in [2.05, 4.69) is 11.1 Å². The van der Waals surface area contributed by atoms with Crippen LogP contribution in [0.4, 0.5) is 5.69 Å². The highest BCUT2D eigenvalue weighted by Gasteiger charge is 2.35. The van der Waals surface area contributed by atoms with Gasteiger partial charge in [0, 0.05) is 34.8 Å². The SMILES string of the molecule is O=C(OCC1CC(c2nc(-c3ccc4ccc(-c5ccccc5)nc4c3)c3c(Cl)nccn23)C1)c1ccc(N([O-])O)cc1. The summed E-state index contributed by atoms with van der Waals surface area (Å²) in [5, 5.41) is 21.1. The second-order valence-corrected chi connectivity index (χ2v) is 11.0. The van der Waals surface area contributed by atoms with Gasteiger partial charge in [-0.2, -0.15) is 0 Å². The van der Waals surface area contributed by atoms with Crippen molar-refractivity contribution >= 4 is 39.7 Å². The summed E-state index contributed by atoms with van der Waals surface area (Å²) in [7, 11) is 0. The summed E-state index contributed by atoms with van der Waals surface area (Å²) in [4.78, 5) is 26.8. The number of pyridine rings is 1. The summed E-state index contributed by atoms with van der Waals surface area (Å²) >= 11 is 6.63. The number of halogens is 1. The summed E-state index contributed by atoms with van der Waals surface area (Å²) in [5.74, 6) is 0.776. The zero-order valence-electron chi connectivity index (χ0n) is 22.8. The quantitative estimate of drug-likeness (QED) is 0.152. The number of aromatic nitrogens is 4. The summed E-state index contributed by atoms with van der Waals surface area (Å²) in [6, 6.07) is 25.9. The van der Waals surface area contributed by atoms with Gasteiger partial charge >= 0.3 is 5.97 Å². The van der Waals surface area contributed by atoms with Crippen molar-refractivity contribution in [2.45, 2.75) is 18.8 Å². The van der Waals surface area contributed by atoms with Crippen LogP contribution in [0.5, 0.6) is 0 Å². The Hall–Kier alpha value is -4.83. The molecule has 1 aliphatic carbocycles. The predicted octanol–water partition coefficient (Wildman–Crippen LogP) is 7.31. The molecule has 9 nitrogen and oxygen atoms in total. The van der Waals surface area contributed by atoms with E-state index in [1.165, 1.54) is 24.3 Å². The maximum absolute atomic E-state index is 12.5. The van der Waals surface area contributed by atoms with E-state index < -0.39 is 5.97 Å². The Labute approximate surface area is 251 Å². The van der Waals surface area contributed by atoms with E-state index >= 15 is 0 Å². The second-order valence-electron chi connectivity index (χ2n) is 10.7. The Morgan fingerprint density at radius 2 is 1.77 bits per heavy atom.